The lowest BCUT2D eigenvalue weighted by Crippen LogP contribution is -2.12. The van der Waals surface area contributed by atoms with Crippen LogP contribution in [0.5, 0.6) is 0 Å². The Labute approximate surface area is 130 Å². The Morgan fingerprint density at radius 1 is 1.08 bits per heavy atom. The fourth-order valence-electron chi connectivity index (χ4n) is 1.80. The molecular formula is C13H8F6N2O3. The van der Waals surface area contributed by atoms with Crippen LogP contribution in [0.1, 0.15) is 33.2 Å². The monoisotopic (exact) mass is 354 g/mol. The molecule has 0 fully saturated rings. The Bertz CT molecular complexity index is 719. The lowest BCUT2D eigenvalue weighted by molar-refractivity contribution is -0.143. The van der Waals surface area contributed by atoms with Crippen LogP contribution in [0.25, 0.3) is 0 Å². The van der Waals surface area contributed by atoms with Crippen molar-refractivity contribution in [2.24, 2.45) is 0 Å². The molecule has 5 nitrogen and oxygen atoms in total. The van der Waals surface area contributed by atoms with E-state index in [9.17, 15) is 31.1 Å². The standard InChI is InChI=1S/C13H8F6N2O3/c1-23-11(22)10-20-9(21-24-10)4-6-2-7(12(14,15)16)5-8(3-6)13(17,18)19/h2-3,5H,4H2,1H3. The fourth-order valence-corrected chi connectivity index (χ4v) is 1.80. The third-order valence-corrected chi connectivity index (χ3v) is 2.84. The average Bonchev–Trinajstić information content (AvgIpc) is 2.92. The van der Waals surface area contributed by atoms with Crippen LogP contribution < -0.4 is 0 Å². The molecule has 0 aliphatic carbocycles. The van der Waals surface area contributed by atoms with Crippen LogP contribution in [0.3, 0.4) is 0 Å². The van der Waals surface area contributed by atoms with Crippen molar-refractivity contribution in [3.05, 3.63) is 46.6 Å². The molecule has 0 spiro atoms. The van der Waals surface area contributed by atoms with Gasteiger partial charge >= 0.3 is 24.2 Å². The molecule has 0 saturated carbocycles. The maximum Gasteiger partial charge on any atom is 0.416 e. The fraction of sp³-hybridized carbons (Fsp3) is 0.308. The zero-order valence-electron chi connectivity index (χ0n) is 11.8. The summed E-state index contributed by atoms with van der Waals surface area (Å²) in [6.45, 7) is 0. The quantitative estimate of drug-likeness (QED) is 0.624. The third-order valence-electron chi connectivity index (χ3n) is 2.84. The minimum Gasteiger partial charge on any atom is -0.462 e. The molecule has 0 amide bonds. The molecule has 11 heteroatoms. The van der Waals surface area contributed by atoms with Gasteiger partial charge in [0.25, 0.3) is 0 Å². The van der Waals surface area contributed by atoms with Crippen LogP contribution in [-0.2, 0) is 23.5 Å². The first-order valence-electron chi connectivity index (χ1n) is 6.20. The number of rotatable bonds is 3. The van der Waals surface area contributed by atoms with E-state index in [2.05, 4.69) is 19.4 Å². The van der Waals surface area contributed by atoms with Gasteiger partial charge in [-0.25, -0.2) is 4.79 Å². The highest BCUT2D eigenvalue weighted by Crippen LogP contribution is 2.36. The van der Waals surface area contributed by atoms with Crippen LogP contribution in [0.4, 0.5) is 26.3 Å². The van der Waals surface area contributed by atoms with Gasteiger partial charge in [-0.3, -0.25) is 0 Å². The highest BCUT2D eigenvalue weighted by molar-refractivity contribution is 5.83. The predicted molar refractivity (Wildman–Crippen MR) is 64.9 cm³/mol. The topological polar surface area (TPSA) is 65.2 Å². The number of esters is 1. The molecule has 1 heterocycles. The van der Waals surface area contributed by atoms with Gasteiger partial charge in [-0.05, 0) is 23.8 Å². The maximum absolute atomic E-state index is 12.8. The Balaban J connectivity index is 2.39. The van der Waals surface area contributed by atoms with Gasteiger partial charge in [-0.1, -0.05) is 5.16 Å². The van der Waals surface area contributed by atoms with Gasteiger partial charge in [0.2, 0.25) is 0 Å². The molecule has 0 N–H and O–H groups in total. The Hall–Kier alpha value is -2.59. The van der Waals surface area contributed by atoms with Crippen molar-refractivity contribution in [2.75, 3.05) is 7.11 Å². The van der Waals surface area contributed by atoms with Gasteiger partial charge in [0.05, 0.1) is 18.2 Å². The van der Waals surface area contributed by atoms with Gasteiger partial charge in [0.15, 0.2) is 5.82 Å². The summed E-state index contributed by atoms with van der Waals surface area (Å²) in [6, 6.07) is 1.10. The first-order valence-corrected chi connectivity index (χ1v) is 6.20. The second kappa shape index (κ2) is 6.13. The van der Waals surface area contributed by atoms with E-state index in [4.69, 9.17) is 0 Å². The van der Waals surface area contributed by atoms with E-state index in [1.165, 1.54) is 0 Å². The summed E-state index contributed by atoms with van der Waals surface area (Å²) >= 11 is 0. The van der Waals surface area contributed by atoms with Crippen LogP contribution >= 0.6 is 0 Å². The molecule has 1 aromatic carbocycles. The van der Waals surface area contributed by atoms with Crippen LogP contribution in [-0.4, -0.2) is 23.2 Å². The van der Waals surface area contributed by atoms with Crippen molar-refractivity contribution in [3.63, 3.8) is 0 Å². The Morgan fingerprint density at radius 2 is 1.62 bits per heavy atom. The Kier molecular flexibility index (Phi) is 4.54. The second-order valence-corrected chi connectivity index (χ2v) is 4.60. The largest absolute Gasteiger partial charge is 0.462 e. The summed E-state index contributed by atoms with van der Waals surface area (Å²) in [5, 5.41) is 3.31. The van der Waals surface area contributed by atoms with Crippen molar-refractivity contribution >= 4 is 5.97 Å². The first kappa shape index (κ1) is 17.8. The molecule has 0 aliphatic heterocycles. The summed E-state index contributed by atoms with van der Waals surface area (Å²) < 4.78 is 85.3. The van der Waals surface area contributed by atoms with E-state index in [0.29, 0.717) is 12.1 Å². The summed E-state index contributed by atoms with van der Waals surface area (Å²) in [6.07, 6.45) is -10.4. The van der Waals surface area contributed by atoms with Crippen molar-refractivity contribution < 1.29 is 40.4 Å². The lowest BCUT2D eigenvalue weighted by atomic mass is 10.0. The maximum atomic E-state index is 12.8. The molecule has 1 aromatic heterocycles. The van der Waals surface area contributed by atoms with Crippen LogP contribution in [0.15, 0.2) is 22.7 Å². The predicted octanol–water partition coefficient (Wildman–Crippen LogP) is 3.48. The molecule has 24 heavy (non-hydrogen) atoms. The summed E-state index contributed by atoms with van der Waals surface area (Å²) in [5.41, 5.74) is -3.25. The van der Waals surface area contributed by atoms with E-state index in [-0.39, 0.29) is 17.5 Å². The molecule has 0 atom stereocenters. The van der Waals surface area contributed by atoms with E-state index in [1.54, 1.807) is 0 Å². The summed E-state index contributed by atoms with van der Waals surface area (Å²) in [4.78, 5) is 14.7. The highest BCUT2D eigenvalue weighted by atomic mass is 19.4. The van der Waals surface area contributed by atoms with Gasteiger partial charge in [-0.15, -0.1) is 0 Å². The molecule has 0 aliphatic rings. The van der Waals surface area contributed by atoms with Crippen molar-refractivity contribution in [2.45, 2.75) is 18.8 Å². The number of carbonyl (C=O) groups excluding carboxylic acids is 1. The van der Waals surface area contributed by atoms with Crippen LogP contribution in [0.2, 0.25) is 0 Å². The number of ether oxygens (including phenoxy) is 1. The number of alkyl halides is 6. The first-order chi connectivity index (χ1) is 11.0. The smallest absolute Gasteiger partial charge is 0.416 e. The zero-order chi connectivity index (χ0) is 18.1. The Morgan fingerprint density at radius 3 is 2.08 bits per heavy atom. The van der Waals surface area contributed by atoms with Gasteiger partial charge in [0.1, 0.15) is 0 Å². The number of hydrogen-bond donors (Lipinski definition) is 0. The minimum absolute atomic E-state index is 0.0135. The van der Waals surface area contributed by atoms with Crippen molar-refractivity contribution in [1.29, 1.82) is 0 Å². The number of carbonyl (C=O) groups is 1. The molecule has 130 valence electrons. The SMILES string of the molecule is COC(=O)c1nc(Cc2cc(C(F)(F)F)cc(C(F)(F)F)c2)no1. The minimum atomic E-state index is -4.95. The number of nitrogens with zero attached hydrogens (tertiary/aromatic N) is 2. The summed E-state index contributed by atoms with van der Waals surface area (Å²) in [5.74, 6) is -1.80. The number of methoxy groups -OCH3 is 1. The normalized spacial score (nSPS) is 12.3. The van der Waals surface area contributed by atoms with E-state index < -0.39 is 41.8 Å². The molecule has 0 bridgehead atoms. The van der Waals surface area contributed by atoms with Gasteiger partial charge in [0, 0.05) is 6.42 Å². The molecular weight excluding hydrogens is 346 g/mol. The third kappa shape index (κ3) is 4.03. The lowest BCUT2D eigenvalue weighted by Gasteiger charge is -2.13. The van der Waals surface area contributed by atoms with E-state index >= 15 is 0 Å². The molecule has 0 unspecified atom stereocenters. The van der Waals surface area contributed by atoms with Gasteiger partial charge < -0.3 is 9.26 Å². The van der Waals surface area contributed by atoms with Crippen molar-refractivity contribution in [1.82, 2.24) is 10.1 Å². The van der Waals surface area contributed by atoms with E-state index in [1.807, 2.05) is 0 Å². The van der Waals surface area contributed by atoms with Crippen LogP contribution in [0, 0.1) is 0 Å². The average molecular weight is 354 g/mol. The molecule has 0 saturated heterocycles. The summed E-state index contributed by atoms with van der Waals surface area (Å²) in [7, 11) is 1.04. The zero-order valence-corrected chi connectivity index (χ0v) is 11.8. The van der Waals surface area contributed by atoms with Crippen molar-refractivity contribution in [3.8, 4) is 0 Å². The second-order valence-electron chi connectivity index (χ2n) is 4.60. The number of benzene rings is 1. The number of aromatic nitrogens is 2. The molecule has 0 radical (unpaired) electrons. The molecule has 2 aromatic rings. The van der Waals surface area contributed by atoms with E-state index in [0.717, 1.165) is 7.11 Å². The number of halogens is 6. The molecule has 2 rings (SSSR count). The number of hydrogen-bond acceptors (Lipinski definition) is 5. The van der Waals surface area contributed by atoms with Gasteiger partial charge in [-0.2, -0.15) is 31.3 Å². The highest BCUT2D eigenvalue weighted by Gasteiger charge is 2.37.